The van der Waals surface area contributed by atoms with E-state index in [9.17, 15) is 9.50 Å². The summed E-state index contributed by atoms with van der Waals surface area (Å²) in [4.78, 5) is 0. The van der Waals surface area contributed by atoms with Crippen molar-refractivity contribution in [3.05, 3.63) is 29.1 Å². The van der Waals surface area contributed by atoms with Gasteiger partial charge in [-0.15, -0.1) is 0 Å². The molecule has 0 atom stereocenters. The van der Waals surface area contributed by atoms with Crippen LogP contribution in [-0.2, 0) is 11.8 Å². The molecule has 1 aromatic rings. The maximum absolute atomic E-state index is 13.7. The molecule has 0 saturated heterocycles. The van der Waals surface area contributed by atoms with E-state index >= 15 is 0 Å². The molecule has 0 amide bonds. The van der Waals surface area contributed by atoms with E-state index in [1.165, 1.54) is 6.07 Å². The van der Waals surface area contributed by atoms with E-state index in [0.717, 1.165) is 37.7 Å². The molecular weight excluding hydrogens is 217 g/mol. The molecule has 0 spiro atoms. The van der Waals surface area contributed by atoms with Gasteiger partial charge >= 0.3 is 0 Å². The number of aromatic hydroxyl groups is 1. The van der Waals surface area contributed by atoms with E-state index in [2.05, 4.69) is 0 Å². The largest absolute Gasteiger partial charge is 0.505 e. The predicted molar refractivity (Wildman–Crippen MR) is 66.6 cm³/mol. The molecule has 17 heavy (non-hydrogen) atoms. The summed E-state index contributed by atoms with van der Waals surface area (Å²) < 4.78 is 13.7. The van der Waals surface area contributed by atoms with Crippen LogP contribution in [0, 0.1) is 5.82 Å². The molecule has 1 aliphatic carbocycles. The van der Waals surface area contributed by atoms with Crippen LogP contribution in [0.1, 0.15) is 43.7 Å². The second-order valence-corrected chi connectivity index (χ2v) is 5.02. The van der Waals surface area contributed by atoms with E-state index in [-0.39, 0.29) is 11.2 Å². The fourth-order valence-electron chi connectivity index (χ4n) is 2.90. The van der Waals surface area contributed by atoms with Gasteiger partial charge in [0.05, 0.1) is 0 Å². The third kappa shape index (κ3) is 2.04. The molecule has 1 aliphatic rings. The summed E-state index contributed by atoms with van der Waals surface area (Å²) in [5.74, 6) is -0.714. The van der Waals surface area contributed by atoms with Crippen molar-refractivity contribution in [2.24, 2.45) is 5.73 Å². The molecule has 0 aliphatic heterocycles. The maximum atomic E-state index is 13.7. The smallest absolute Gasteiger partial charge is 0.165 e. The maximum Gasteiger partial charge on any atom is 0.165 e. The van der Waals surface area contributed by atoms with Gasteiger partial charge in [-0.05, 0) is 30.9 Å². The fourth-order valence-corrected chi connectivity index (χ4v) is 2.90. The van der Waals surface area contributed by atoms with E-state index < -0.39 is 5.82 Å². The Morgan fingerprint density at radius 3 is 2.53 bits per heavy atom. The van der Waals surface area contributed by atoms with Crippen LogP contribution in [0.2, 0.25) is 0 Å². The molecule has 0 unspecified atom stereocenters. The Kier molecular flexibility index (Phi) is 3.38. The van der Waals surface area contributed by atoms with E-state index in [1.54, 1.807) is 0 Å². The van der Waals surface area contributed by atoms with Crippen LogP contribution in [0.5, 0.6) is 5.75 Å². The molecule has 0 bridgehead atoms. The summed E-state index contributed by atoms with van der Waals surface area (Å²) in [6.07, 6.45) is 4.88. The summed E-state index contributed by atoms with van der Waals surface area (Å²) in [5.41, 5.74) is 7.31. The van der Waals surface area contributed by atoms with Crippen molar-refractivity contribution in [3.63, 3.8) is 0 Å². The van der Waals surface area contributed by atoms with Crippen molar-refractivity contribution >= 4 is 0 Å². The molecule has 3 heteroatoms. The molecular formula is C14H20FNO. The fraction of sp³-hybridized carbons (Fsp3) is 0.571. The average molecular weight is 237 g/mol. The minimum Gasteiger partial charge on any atom is -0.505 e. The third-order valence-electron chi connectivity index (χ3n) is 4.05. The van der Waals surface area contributed by atoms with Crippen molar-refractivity contribution in [1.29, 1.82) is 0 Å². The lowest BCUT2D eigenvalue weighted by molar-refractivity contribution is 0.383. The van der Waals surface area contributed by atoms with Crippen molar-refractivity contribution in [2.45, 2.75) is 44.4 Å². The second-order valence-electron chi connectivity index (χ2n) is 5.02. The van der Waals surface area contributed by atoms with Crippen molar-refractivity contribution in [2.75, 3.05) is 6.54 Å². The minimum atomic E-state index is -0.515. The molecule has 1 fully saturated rings. The van der Waals surface area contributed by atoms with Crippen molar-refractivity contribution in [1.82, 2.24) is 0 Å². The highest BCUT2D eigenvalue weighted by molar-refractivity contribution is 5.44. The number of rotatable bonds is 3. The quantitative estimate of drug-likeness (QED) is 0.849. The number of benzene rings is 1. The zero-order valence-corrected chi connectivity index (χ0v) is 10.3. The first-order valence-electron chi connectivity index (χ1n) is 6.35. The molecule has 0 heterocycles. The molecule has 2 rings (SSSR count). The number of phenolic OH excluding ortho intramolecular Hbond substituents is 1. The minimum absolute atomic E-state index is 0.199. The van der Waals surface area contributed by atoms with Crippen LogP contribution in [0.4, 0.5) is 4.39 Å². The van der Waals surface area contributed by atoms with Gasteiger partial charge in [-0.3, -0.25) is 0 Å². The normalized spacial score (nSPS) is 18.5. The van der Waals surface area contributed by atoms with E-state index in [0.29, 0.717) is 12.1 Å². The number of phenols is 1. The lowest BCUT2D eigenvalue weighted by Crippen LogP contribution is -2.32. The van der Waals surface area contributed by atoms with E-state index in [4.69, 9.17) is 5.73 Å². The van der Waals surface area contributed by atoms with Crippen LogP contribution in [0.15, 0.2) is 12.1 Å². The Bertz CT molecular complexity index is 411. The number of hydrogen-bond acceptors (Lipinski definition) is 2. The molecule has 2 nitrogen and oxygen atoms in total. The highest BCUT2D eigenvalue weighted by atomic mass is 19.1. The number of nitrogens with two attached hydrogens (primary N) is 1. The van der Waals surface area contributed by atoms with Gasteiger partial charge in [0, 0.05) is 17.5 Å². The van der Waals surface area contributed by atoms with Crippen LogP contribution in [0.25, 0.3) is 0 Å². The molecule has 0 aromatic heterocycles. The molecule has 1 saturated carbocycles. The highest BCUT2D eigenvalue weighted by Gasteiger charge is 2.37. The first kappa shape index (κ1) is 12.4. The Morgan fingerprint density at radius 2 is 2.00 bits per heavy atom. The summed E-state index contributed by atoms with van der Waals surface area (Å²) in [7, 11) is 0. The summed E-state index contributed by atoms with van der Waals surface area (Å²) in [6.45, 7) is 2.46. The lowest BCUT2D eigenvalue weighted by Gasteiger charge is -2.29. The monoisotopic (exact) mass is 237 g/mol. The molecule has 0 radical (unpaired) electrons. The average Bonchev–Trinajstić information content (AvgIpc) is 2.82. The molecule has 94 valence electrons. The van der Waals surface area contributed by atoms with Crippen LogP contribution in [0.3, 0.4) is 0 Å². The van der Waals surface area contributed by atoms with Gasteiger partial charge in [-0.1, -0.05) is 25.8 Å². The van der Waals surface area contributed by atoms with Gasteiger partial charge in [0.2, 0.25) is 0 Å². The Labute approximate surface area is 102 Å². The Morgan fingerprint density at radius 1 is 1.35 bits per heavy atom. The van der Waals surface area contributed by atoms with Gasteiger partial charge in [0.1, 0.15) is 0 Å². The first-order chi connectivity index (χ1) is 8.13. The van der Waals surface area contributed by atoms with Crippen LogP contribution >= 0.6 is 0 Å². The van der Waals surface area contributed by atoms with Gasteiger partial charge in [0.25, 0.3) is 0 Å². The molecule has 1 aromatic carbocycles. The molecule has 3 N–H and O–H groups in total. The van der Waals surface area contributed by atoms with Gasteiger partial charge < -0.3 is 10.8 Å². The predicted octanol–water partition coefficient (Wildman–Crippen LogP) is 2.86. The summed E-state index contributed by atoms with van der Waals surface area (Å²) in [6, 6.07) is 3.34. The zero-order valence-electron chi connectivity index (χ0n) is 10.3. The van der Waals surface area contributed by atoms with Gasteiger partial charge in [-0.25, -0.2) is 4.39 Å². The van der Waals surface area contributed by atoms with Gasteiger partial charge in [0.15, 0.2) is 11.6 Å². The van der Waals surface area contributed by atoms with Crippen molar-refractivity contribution < 1.29 is 9.50 Å². The summed E-state index contributed by atoms with van der Waals surface area (Å²) in [5, 5.41) is 9.94. The number of aryl methyl sites for hydroxylation is 1. The number of halogens is 1. The number of hydrogen-bond donors (Lipinski definition) is 2. The van der Waals surface area contributed by atoms with Crippen LogP contribution in [-0.4, -0.2) is 11.7 Å². The highest BCUT2D eigenvalue weighted by Crippen LogP contribution is 2.44. The lowest BCUT2D eigenvalue weighted by atomic mass is 9.77. The topological polar surface area (TPSA) is 46.2 Å². The van der Waals surface area contributed by atoms with Gasteiger partial charge in [-0.2, -0.15) is 0 Å². The first-order valence-corrected chi connectivity index (χ1v) is 6.35. The standard InChI is InChI=1S/C14H20FNO/c1-2-10-7-11(13(17)12(15)8-10)14(9-16)5-3-4-6-14/h7-8,17H,2-6,9,16H2,1H3. The Balaban J connectivity index is 2.52. The van der Waals surface area contributed by atoms with Crippen LogP contribution < -0.4 is 5.73 Å². The Hall–Kier alpha value is -1.09. The van der Waals surface area contributed by atoms with Crippen molar-refractivity contribution in [3.8, 4) is 5.75 Å². The second kappa shape index (κ2) is 4.65. The summed E-state index contributed by atoms with van der Waals surface area (Å²) >= 11 is 0. The third-order valence-corrected chi connectivity index (χ3v) is 4.05. The zero-order chi connectivity index (χ0) is 12.5. The SMILES string of the molecule is CCc1cc(F)c(O)c(C2(CN)CCCC2)c1. The van der Waals surface area contributed by atoms with E-state index in [1.807, 2.05) is 13.0 Å².